The van der Waals surface area contributed by atoms with E-state index in [9.17, 15) is 14.9 Å². The summed E-state index contributed by atoms with van der Waals surface area (Å²) in [4.78, 5) is 29.4. The van der Waals surface area contributed by atoms with Crippen molar-refractivity contribution in [1.82, 2.24) is 19.7 Å². The number of aromatic nitrogens is 3. The van der Waals surface area contributed by atoms with Crippen LogP contribution in [0.4, 0.5) is 16.3 Å². The standard InChI is InChI=1S/C23H26N6O3/c1-15-5-7-16(8-6-15)26-19-18-17(9-12-25-20(18)30)29(27-19)23(10-11-24)13-28(14-23)21(31)32-22(2,3)4/h5-9,12H,10,13-14H2,1-4H3,(H,25,30)(H,26,27). The summed E-state index contributed by atoms with van der Waals surface area (Å²) in [7, 11) is 0. The molecule has 0 saturated carbocycles. The Morgan fingerprint density at radius 1 is 1.28 bits per heavy atom. The van der Waals surface area contributed by atoms with Crippen molar-refractivity contribution in [2.45, 2.75) is 45.3 Å². The van der Waals surface area contributed by atoms with Crippen molar-refractivity contribution in [3.63, 3.8) is 0 Å². The maximum absolute atomic E-state index is 12.7. The number of ether oxygens (including phenoxy) is 1. The van der Waals surface area contributed by atoms with Crippen molar-refractivity contribution in [1.29, 1.82) is 5.26 Å². The number of nitrogens with one attached hydrogen (secondary N) is 2. The molecule has 9 heteroatoms. The first-order valence-electron chi connectivity index (χ1n) is 10.4. The van der Waals surface area contributed by atoms with Gasteiger partial charge in [0.05, 0.1) is 31.1 Å². The lowest BCUT2D eigenvalue weighted by Crippen LogP contribution is -2.64. The van der Waals surface area contributed by atoms with Crippen molar-refractivity contribution in [3.05, 3.63) is 52.4 Å². The van der Waals surface area contributed by atoms with Gasteiger partial charge < -0.3 is 19.9 Å². The topological polar surface area (TPSA) is 116 Å². The molecule has 0 aliphatic carbocycles. The van der Waals surface area contributed by atoms with Crippen molar-refractivity contribution >= 4 is 28.5 Å². The Hall–Kier alpha value is -3.80. The van der Waals surface area contributed by atoms with E-state index in [-0.39, 0.29) is 25.1 Å². The number of hydrogen-bond acceptors (Lipinski definition) is 6. The van der Waals surface area contributed by atoms with E-state index in [1.165, 1.54) is 0 Å². The second-order valence-corrected chi connectivity index (χ2v) is 9.21. The van der Waals surface area contributed by atoms with Crippen LogP contribution in [0.2, 0.25) is 0 Å². The van der Waals surface area contributed by atoms with E-state index < -0.39 is 17.2 Å². The summed E-state index contributed by atoms with van der Waals surface area (Å²) in [5, 5.41) is 17.9. The quantitative estimate of drug-likeness (QED) is 0.648. The number of nitriles is 1. The predicted octanol–water partition coefficient (Wildman–Crippen LogP) is 3.64. The Bertz CT molecular complexity index is 1250. The summed E-state index contributed by atoms with van der Waals surface area (Å²) >= 11 is 0. The van der Waals surface area contributed by atoms with Gasteiger partial charge in [-0.25, -0.2) is 4.79 Å². The Balaban J connectivity index is 1.72. The third kappa shape index (κ3) is 3.91. The highest BCUT2D eigenvalue weighted by molar-refractivity contribution is 5.91. The van der Waals surface area contributed by atoms with Gasteiger partial charge in [0.1, 0.15) is 16.5 Å². The first-order valence-corrected chi connectivity index (χ1v) is 10.4. The van der Waals surface area contributed by atoms with Gasteiger partial charge in [0.2, 0.25) is 0 Å². The number of hydrogen-bond donors (Lipinski definition) is 2. The van der Waals surface area contributed by atoms with Crippen LogP contribution in [0.5, 0.6) is 0 Å². The molecule has 1 aliphatic rings. The molecule has 4 rings (SSSR count). The first kappa shape index (κ1) is 21.4. The Kier molecular flexibility index (Phi) is 5.17. The number of benzene rings is 1. The predicted molar refractivity (Wildman–Crippen MR) is 121 cm³/mol. The molecule has 1 fully saturated rings. The molecule has 3 aromatic rings. The minimum Gasteiger partial charge on any atom is -0.444 e. The molecule has 2 N–H and O–H groups in total. The monoisotopic (exact) mass is 434 g/mol. The first-order chi connectivity index (χ1) is 15.1. The van der Waals surface area contributed by atoms with E-state index >= 15 is 0 Å². The summed E-state index contributed by atoms with van der Waals surface area (Å²) in [6.07, 6.45) is 1.27. The number of rotatable bonds is 4. The Labute approximate surface area is 185 Å². The summed E-state index contributed by atoms with van der Waals surface area (Å²) in [5.74, 6) is 0.402. The lowest BCUT2D eigenvalue weighted by atomic mass is 9.87. The molecule has 3 heterocycles. The van der Waals surface area contributed by atoms with Gasteiger partial charge in [0.25, 0.3) is 5.56 Å². The highest BCUT2D eigenvalue weighted by Gasteiger charge is 2.49. The maximum atomic E-state index is 12.7. The van der Waals surface area contributed by atoms with Crippen LogP contribution >= 0.6 is 0 Å². The zero-order valence-electron chi connectivity index (χ0n) is 18.6. The summed E-state index contributed by atoms with van der Waals surface area (Å²) in [6, 6.07) is 11.7. The normalized spacial score (nSPS) is 15.2. The number of nitrogens with zero attached hydrogens (tertiary/aromatic N) is 4. The van der Waals surface area contributed by atoms with Crippen molar-refractivity contribution in [2.24, 2.45) is 0 Å². The Morgan fingerprint density at radius 2 is 1.97 bits per heavy atom. The number of fused-ring (bicyclic) bond motifs is 1. The zero-order chi connectivity index (χ0) is 23.1. The Morgan fingerprint density at radius 3 is 2.59 bits per heavy atom. The number of H-pyrrole nitrogens is 1. The number of pyridine rings is 1. The average Bonchev–Trinajstić information content (AvgIpc) is 3.05. The van der Waals surface area contributed by atoms with E-state index in [2.05, 4.69) is 16.4 Å². The van der Waals surface area contributed by atoms with E-state index in [0.717, 1.165) is 11.3 Å². The third-order valence-corrected chi connectivity index (χ3v) is 5.40. The SMILES string of the molecule is Cc1ccc(Nc2nn(C3(CC#N)CN(C(=O)OC(C)(C)C)C3)c3cc[nH]c(=O)c23)cc1. The maximum Gasteiger partial charge on any atom is 0.410 e. The highest BCUT2D eigenvalue weighted by Crippen LogP contribution is 2.37. The third-order valence-electron chi connectivity index (χ3n) is 5.40. The van der Waals surface area contributed by atoms with E-state index in [4.69, 9.17) is 9.84 Å². The number of anilines is 2. The summed E-state index contributed by atoms with van der Waals surface area (Å²) in [5.41, 5.74) is 0.880. The average molecular weight is 435 g/mol. The second-order valence-electron chi connectivity index (χ2n) is 9.21. The molecular weight excluding hydrogens is 408 g/mol. The molecule has 1 aliphatic heterocycles. The highest BCUT2D eigenvalue weighted by atomic mass is 16.6. The van der Waals surface area contributed by atoms with Crippen molar-refractivity contribution in [2.75, 3.05) is 18.4 Å². The fourth-order valence-corrected chi connectivity index (χ4v) is 3.89. The van der Waals surface area contributed by atoms with Crippen LogP contribution in [-0.2, 0) is 10.3 Å². The lowest BCUT2D eigenvalue weighted by molar-refractivity contribution is -0.0298. The molecule has 0 atom stereocenters. The number of amides is 1. The van der Waals surface area contributed by atoms with Gasteiger partial charge in [0.15, 0.2) is 5.82 Å². The van der Waals surface area contributed by atoms with Gasteiger partial charge in [-0.3, -0.25) is 9.48 Å². The molecular formula is C23H26N6O3. The van der Waals surface area contributed by atoms with Crippen LogP contribution in [0.15, 0.2) is 41.3 Å². The minimum atomic E-state index is -0.745. The molecule has 0 unspecified atom stereocenters. The molecule has 1 amide bonds. The molecule has 1 aromatic carbocycles. The van der Waals surface area contributed by atoms with Gasteiger partial charge in [0, 0.05) is 11.9 Å². The van der Waals surface area contributed by atoms with Gasteiger partial charge in [-0.2, -0.15) is 10.4 Å². The van der Waals surface area contributed by atoms with Gasteiger partial charge >= 0.3 is 6.09 Å². The van der Waals surface area contributed by atoms with Gasteiger partial charge in [-0.05, 0) is 45.9 Å². The van der Waals surface area contributed by atoms with Crippen molar-refractivity contribution < 1.29 is 9.53 Å². The van der Waals surface area contributed by atoms with Crippen molar-refractivity contribution in [3.8, 4) is 6.07 Å². The van der Waals surface area contributed by atoms with E-state index in [1.807, 2.05) is 52.0 Å². The number of aromatic amines is 1. The largest absolute Gasteiger partial charge is 0.444 e. The molecule has 32 heavy (non-hydrogen) atoms. The smallest absolute Gasteiger partial charge is 0.410 e. The fourth-order valence-electron chi connectivity index (χ4n) is 3.89. The molecule has 2 aromatic heterocycles. The molecule has 0 radical (unpaired) electrons. The van der Waals surface area contributed by atoms with Crippen LogP contribution < -0.4 is 10.9 Å². The van der Waals surface area contributed by atoms with E-state index in [1.54, 1.807) is 21.8 Å². The van der Waals surface area contributed by atoms with Crippen LogP contribution in [0.1, 0.15) is 32.8 Å². The fraction of sp³-hybridized carbons (Fsp3) is 0.391. The molecule has 166 valence electrons. The van der Waals surface area contributed by atoms with Crippen LogP contribution in [0.25, 0.3) is 10.9 Å². The van der Waals surface area contributed by atoms with Gasteiger partial charge in [-0.15, -0.1) is 0 Å². The van der Waals surface area contributed by atoms with Crippen LogP contribution in [-0.4, -0.2) is 44.4 Å². The molecule has 0 bridgehead atoms. The number of aryl methyl sites for hydroxylation is 1. The number of carbonyl (C=O) groups excluding carboxylic acids is 1. The molecule has 0 spiro atoms. The van der Waals surface area contributed by atoms with E-state index in [0.29, 0.717) is 16.7 Å². The zero-order valence-corrected chi connectivity index (χ0v) is 18.6. The summed E-state index contributed by atoms with van der Waals surface area (Å²) in [6.45, 7) is 7.96. The van der Waals surface area contributed by atoms with Gasteiger partial charge in [-0.1, -0.05) is 17.7 Å². The lowest BCUT2D eigenvalue weighted by Gasteiger charge is -2.48. The second kappa shape index (κ2) is 7.71. The van der Waals surface area contributed by atoms with Crippen LogP contribution in [0, 0.1) is 18.3 Å². The molecule has 9 nitrogen and oxygen atoms in total. The number of likely N-dealkylation sites (tertiary alicyclic amines) is 1. The summed E-state index contributed by atoms with van der Waals surface area (Å²) < 4.78 is 7.16. The van der Waals surface area contributed by atoms with Crippen LogP contribution in [0.3, 0.4) is 0 Å². The molecule has 1 saturated heterocycles. The number of carbonyl (C=O) groups is 1. The minimum absolute atomic E-state index is 0.139.